The SMILES string of the molecule is CCCC(O)CS(=O)(=O)c1ccc(C)c(C)c1. The first-order chi connectivity index (χ1) is 7.86. The molecule has 0 aliphatic rings. The maximum atomic E-state index is 12.0. The number of aliphatic hydroxyl groups is 1. The fourth-order valence-electron chi connectivity index (χ4n) is 1.67. The summed E-state index contributed by atoms with van der Waals surface area (Å²) in [6.45, 7) is 5.75. The van der Waals surface area contributed by atoms with Crippen LogP contribution in [-0.2, 0) is 9.84 Å². The topological polar surface area (TPSA) is 54.4 Å². The number of hydrogen-bond acceptors (Lipinski definition) is 3. The van der Waals surface area contributed by atoms with Crippen molar-refractivity contribution < 1.29 is 13.5 Å². The van der Waals surface area contributed by atoms with Crippen LogP contribution in [-0.4, -0.2) is 25.4 Å². The molecule has 1 unspecified atom stereocenters. The number of aliphatic hydroxyl groups excluding tert-OH is 1. The van der Waals surface area contributed by atoms with Crippen molar-refractivity contribution in [1.82, 2.24) is 0 Å². The van der Waals surface area contributed by atoms with Gasteiger partial charge in [-0.3, -0.25) is 0 Å². The Bertz CT molecular complexity index is 477. The molecule has 0 aromatic heterocycles. The first-order valence-electron chi connectivity index (χ1n) is 5.85. The Balaban J connectivity index is 2.93. The molecule has 0 bridgehead atoms. The van der Waals surface area contributed by atoms with Crippen molar-refractivity contribution >= 4 is 9.84 Å². The third-order valence-corrected chi connectivity index (χ3v) is 4.67. The van der Waals surface area contributed by atoms with Gasteiger partial charge in [-0.2, -0.15) is 0 Å². The molecule has 0 spiro atoms. The molecule has 4 heteroatoms. The van der Waals surface area contributed by atoms with E-state index in [1.54, 1.807) is 18.2 Å². The Morgan fingerprint density at radius 1 is 1.24 bits per heavy atom. The van der Waals surface area contributed by atoms with Crippen molar-refractivity contribution in [2.45, 2.75) is 44.6 Å². The smallest absolute Gasteiger partial charge is 0.180 e. The zero-order valence-corrected chi connectivity index (χ0v) is 11.4. The Hall–Kier alpha value is -0.870. The first kappa shape index (κ1) is 14.2. The summed E-state index contributed by atoms with van der Waals surface area (Å²) in [4.78, 5) is 0.302. The summed E-state index contributed by atoms with van der Waals surface area (Å²) in [6, 6.07) is 5.08. The lowest BCUT2D eigenvalue weighted by Crippen LogP contribution is -2.20. The fourth-order valence-corrected chi connectivity index (χ4v) is 3.17. The molecule has 1 atom stereocenters. The van der Waals surface area contributed by atoms with Crippen LogP contribution in [0.4, 0.5) is 0 Å². The second-order valence-electron chi connectivity index (χ2n) is 4.47. The van der Waals surface area contributed by atoms with Gasteiger partial charge in [-0.25, -0.2) is 8.42 Å². The van der Waals surface area contributed by atoms with Gasteiger partial charge in [-0.05, 0) is 43.5 Å². The van der Waals surface area contributed by atoms with Crippen LogP contribution in [0.5, 0.6) is 0 Å². The molecule has 0 aliphatic heterocycles. The van der Waals surface area contributed by atoms with Gasteiger partial charge < -0.3 is 5.11 Å². The summed E-state index contributed by atoms with van der Waals surface area (Å²) in [6.07, 6.45) is 0.528. The lowest BCUT2D eigenvalue weighted by Gasteiger charge is -2.11. The van der Waals surface area contributed by atoms with Crippen molar-refractivity contribution in [2.75, 3.05) is 5.75 Å². The van der Waals surface area contributed by atoms with Gasteiger partial charge in [0.1, 0.15) is 0 Å². The van der Waals surface area contributed by atoms with Crippen molar-refractivity contribution in [3.05, 3.63) is 29.3 Å². The largest absolute Gasteiger partial charge is 0.392 e. The molecule has 0 heterocycles. The highest BCUT2D eigenvalue weighted by Gasteiger charge is 2.19. The molecule has 1 rings (SSSR count). The van der Waals surface area contributed by atoms with Crippen LogP contribution < -0.4 is 0 Å². The Kier molecular flexibility index (Phi) is 4.71. The molecule has 96 valence electrons. The Morgan fingerprint density at radius 3 is 2.41 bits per heavy atom. The van der Waals surface area contributed by atoms with Crippen molar-refractivity contribution in [2.24, 2.45) is 0 Å². The lowest BCUT2D eigenvalue weighted by atomic mass is 10.1. The third kappa shape index (κ3) is 3.82. The molecule has 1 aromatic carbocycles. The van der Waals surface area contributed by atoms with Crippen LogP contribution in [0.25, 0.3) is 0 Å². The van der Waals surface area contributed by atoms with E-state index >= 15 is 0 Å². The molecular formula is C13H20O3S. The van der Waals surface area contributed by atoms with Crippen LogP contribution >= 0.6 is 0 Å². The molecule has 1 N–H and O–H groups in total. The Morgan fingerprint density at radius 2 is 1.88 bits per heavy atom. The quantitative estimate of drug-likeness (QED) is 0.879. The van der Waals surface area contributed by atoms with Crippen LogP contribution in [0, 0.1) is 13.8 Å². The standard InChI is InChI=1S/C13H20O3S/c1-4-5-12(14)9-17(15,16)13-7-6-10(2)11(3)8-13/h6-8,12,14H,4-5,9H2,1-3H3. The van der Waals surface area contributed by atoms with Gasteiger partial charge in [0.2, 0.25) is 0 Å². The molecule has 0 radical (unpaired) electrons. The Labute approximate surface area is 103 Å². The highest BCUT2D eigenvalue weighted by Crippen LogP contribution is 2.17. The summed E-state index contributed by atoms with van der Waals surface area (Å²) < 4.78 is 24.0. The normalized spacial score (nSPS) is 13.6. The van der Waals surface area contributed by atoms with E-state index in [1.165, 1.54) is 0 Å². The molecule has 3 nitrogen and oxygen atoms in total. The van der Waals surface area contributed by atoms with E-state index in [0.29, 0.717) is 11.3 Å². The van der Waals surface area contributed by atoms with E-state index in [0.717, 1.165) is 17.5 Å². The number of hydrogen-bond donors (Lipinski definition) is 1. The number of sulfone groups is 1. The predicted octanol–water partition coefficient (Wildman–Crippen LogP) is 2.24. The number of benzene rings is 1. The molecular weight excluding hydrogens is 236 g/mol. The molecule has 1 aromatic rings. The van der Waals surface area contributed by atoms with E-state index in [9.17, 15) is 13.5 Å². The maximum absolute atomic E-state index is 12.0. The minimum absolute atomic E-state index is 0.191. The average Bonchev–Trinajstić information content (AvgIpc) is 2.21. The average molecular weight is 256 g/mol. The zero-order valence-electron chi connectivity index (χ0n) is 10.6. The van der Waals surface area contributed by atoms with Gasteiger partial charge in [0.15, 0.2) is 9.84 Å². The minimum atomic E-state index is -3.37. The molecule has 0 amide bonds. The van der Waals surface area contributed by atoms with E-state index in [1.807, 2.05) is 20.8 Å². The van der Waals surface area contributed by atoms with Crippen LogP contribution in [0.3, 0.4) is 0 Å². The van der Waals surface area contributed by atoms with Crippen LogP contribution in [0.15, 0.2) is 23.1 Å². The third-order valence-electron chi connectivity index (χ3n) is 2.87. The van der Waals surface area contributed by atoms with Gasteiger partial charge in [0, 0.05) is 0 Å². The second-order valence-corrected chi connectivity index (χ2v) is 6.50. The van der Waals surface area contributed by atoms with Crippen LogP contribution in [0.1, 0.15) is 30.9 Å². The van der Waals surface area contributed by atoms with E-state index in [4.69, 9.17) is 0 Å². The van der Waals surface area contributed by atoms with Crippen molar-refractivity contribution in [3.8, 4) is 0 Å². The summed E-state index contributed by atoms with van der Waals surface area (Å²) >= 11 is 0. The highest BCUT2D eigenvalue weighted by atomic mass is 32.2. The number of aryl methyl sites for hydroxylation is 2. The highest BCUT2D eigenvalue weighted by molar-refractivity contribution is 7.91. The summed E-state index contributed by atoms with van der Waals surface area (Å²) in [5.41, 5.74) is 2.02. The van der Waals surface area contributed by atoms with Crippen molar-refractivity contribution in [1.29, 1.82) is 0 Å². The van der Waals surface area contributed by atoms with Gasteiger partial charge >= 0.3 is 0 Å². The van der Waals surface area contributed by atoms with E-state index in [-0.39, 0.29) is 5.75 Å². The fraction of sp³-hybridized carbons (Fsp3) is 0.538. The van der Waals surface area contributed by atoms with Crippen molar-refractivity contribution in [3.63, 3.8) is 0 Å². The van der Waals surface area contributed by atoms with Gasteiger partial charge in [0.05, 0.1) is 16.8 Å². The maximum Gasteiger partial charge on any atom is 0.180 e. The molecule has 0 fully saturated rings. The second kappa shape index (κ2) is 5.65. The van der Waals surface area contributed by atoms with Gasteiger partial charge in [-0.1, -0.05) is 19.4 Å². The first-order valence-corrected chi connectivity index (χ1v) is 7.50. The molecule has 0 saturated carbocycles. The van der Waals surface area contributed by atoms with Crippen LogP contribution in [0.2, 0.25) is 0 Å². The number of rotatable bonds is 5. The van der Waals surface area contributed by atoms with Gasteiger partial charge in [0.25, 0.3) is 0 Å². The summed E-state index contributed by atoms with van der Waals surface area (Å²) in [5.74, 6) is -0.191. The minimum Gasteiger partial charge on any atom is -0.392 e. The monoisotopic (exact) mass is 256 g/mol. The lowest BCUT2D eigenvalue weighted by molar-refractivity contribution is 0.186. The summed E-state index contributed by atoms with van der Waals surface area (Å²) in [7, 11) is -3.37. The zero-order chi connectivity index (χ0) is 13.1. The summed E-state index contributed by atoms with van der Waals surface area (Å²) in [5, 5.41) is 9.59. The van der Waals surface area contributed by atoms with E-state index in [2.05, 4.69) is 0 Å². The van der Waals surface area contributed by atoms with E-state index < -0.39 is 15.9 Å². The molecule has 17 heavy (non-hydrogen) atoms. The molecule has 0 saturated heterocycles. The predicted molar refractivity (Wildman–Crippen MR) is 68.9 cm³/mol. The molecule has 0 aliphatic carbocycles. The van der Waals surface area contributed by atoms with Gasteiger partial charge in [-0.15, -0.1) is 0 Å².